The quantitative estimate of drug-likeness (QED) is 0.814. The minimum Gasteiger partial charge on any atom is -0.346 e. The normalized spacial score (nSPS) is 24.0. The SMILES string of the molecule is OC1(c2ccccc2)CN(c2ccc(Br)cc2)C2=[N+]1CCCC2. The number of benzene rings is 2. The molecule has 0 bridgehead atoms. The summed E-state index contributed by atoms with van der Waals surface area (Å²) in [7, 11) is 0. The monoisotopic (exact) mass is 371 g/mol. The van der Waals surface area contributed by atoms with E-state index < -0.39 is 5.72 Å². The van der Waals surface area contributed by atoms with E-state index in [1.54, 1.807) is 0 Å². The van der Waals surface area contributed by atoms with Crippen molar-refractivity contribution in [1.82, 2.24) is 0 Å². The number of halogens is 1. The Hall–Kier alpha value is -1.65. The lowest BCUT2D eigenvalue weighted by atomic mass is 10.0. The van der Waals surface area contributed by atoms with Crippen LogP contribution in [0.1, 0.15) is 24.8 Å². The second-order valence-corrected chi connectivity index (χ2v) is 7.19. The summed E-state index contributed by atoms with van der Waals surface area (Å²) in [6.45, 7) is 1.49. The van der Waals surface area contributed by atoms with Gasteiger partial charge >= 0.3 is 0 Å². The number of nitrogens with zero attached hydrogens (tertiary/aromatic N) is 2. The Balaban J connectivity index is 1.79. The lowest BCUT2D eigenvalue weighted by Crippen LogP contribution is -2.41. The molecule has 118 valence electrons. The van der Waals surface area contributed by atoms with Crippen LogP contribution in [-0.4, -0.2) is 28.6 Å². The van der Waals surface area contributed by atoms with Gasteiger partial charge < -0.3 is 5.11 Å². The van der Waals surface area contributed by atoms with E-state index in [1.165, 1.54) is 12.3 Å². The van der Waals surface area contributed by atoms with Gasteiger partial charge in [-0.25, -0.2) is 9.48 Å². The van der Waals surface area contributed by atoms with Crippen LogP contribution < -0.4 is 4.90 Å². The molecule has 3 nitrogen and oxygen atoms in total. The number of amidine groups is 1. The second-order valence-electron chi connectivity index (χ2n) is 6.27. The van der Waals surface area contributed by atoms with Crippen LogP contribution in [0.2, 0.25) is 0 Å². The zero-order valence-corrected chi connectivity index (χ0v) is 14.5. The van der Waals surface area contributed by atoms with Crippen LogP contribution in [0.25, 0.3) is 0 Å². The van der Waals surface area contributed by atoms with E-state index in [4.69, 9.17) is 0 Å². The average molecular weight is 372 g/mol. The molecule has 1 N–H and O–H groups in total. The Bertz CT molecular complexity index is 742. The van der Waals surface area contributed by atoms with Gasteiger partial charge in [-0.2, -0.15) is 0 Å². The fourth-order valence-corrected chi connectivity index (χ4v) is 3.97. The number of rotatable bonds is 2. The molecular formula is C19H20BrN2O+. The third-order valence-corrected chi connectivity index (χ3v) is 5.38. The zero-order chi connectivity index (χ0) is 15.9. The van der Waals surface area contributed by atoms with E-state index in [-0.39, 0.29) is 0 Å². The van der Waals surface area contributed by atoms with Gasteiger partial charge in [0.05, 0.1) is 6.54 Å². The van der Waals surface area contributed by atoms with E-state index in [2.05, 4.69) is 49.7 Å². The molecular weight excluding hydrogens is 352 g/mol. The molecule has 4 rings (SSSR count). The highest BCUT2D eigenvalue weighted by Gasteiger charge is 2.52. The highest BCUT2D eigenvalue weighted by atomic mass is 79.9. The molecule has 2 aliphatic heterocycles. The molecule has 2 aliphatic rings. The molecule has 2 aromatic carbocycles. The molecule has 0 saturated heterocycles. The van der Waals surface area contributed by atoms with Crippen molar-refractivity contribution in [3.8, 4) is 0 Å². The first-order valence-corrected chi connectivity index (χ1v) is 8.92. The van der Waals surface area contributed by atoms with Gasteiger partial charge in [-0.15, -0.1) is 0 Å². The van der Waals surface area contributed by atoms with Crippen LogP contribution in [0.15, 0.2) is 59.1 Å². The first kappa shape index (κ1) is 14.9. The van der Waals surface area contributed by atoms with Crippen molar-refractivity contribution < 1.29 is 9.68 Å². The summed E-state index contributed by atoms with van der Waals surface area (Å²) in [4.78, 5) is 2.28. The summed E-state index contributed by atoms with van der Waals surface area (Å²) in [5.74, 6) is 1.24. The third kappa shape index (κ3) is 2.50. The molecule has 0 spiro atoms. The number of hydrogen-bond acceptors (Lipinski definition) is 2. The largest absolute Gasteiger partial charge is 0.346 e. The van der Waals surface area contributed by atoms with E-state index in [0.717, 1.165) is 35.1 Å². The summed E-state index contributed by atoms with van der Waals surface area (Å²) in [5, 5.41) is 11.5. The lowest BCUT2D eigenvalue weighted by Gasteiger charge is -2.24. The molecule has 2 heterocycles. The van der Waals surface area contributed by atoms with Gasteiger partial charge in [0.2, 0.25) is 0 Å². The van der Waals surface area contributed by atoms with Gasteiger partial charge in [0.15, 0.2) is 6.54 Å². The Kier molecular flexibility index (Phi) is 3.74. The minimum absolute atomic E-state index is 0.577. The molecule has 0 aromatic heterocycles. The fraction of sp³-hybridized carbons (Fsp3) is 0.316. The van der Waals surface area contributed by atoms with Crippen LogP contribution in [0, 0.1) is 0 Å². The molecule has 0 saturated carbocycles. The minimum atomic E-state index is -0.940. The van der Waals surface area contributed by atoms with E-state index in [0.29, 0.717) is 6.54 Å². The van der Waals surface area contributed by atoms with E-state index >= 15 is 0 Å². The van der Waals surface area contributed by atoms with Crippen LogP contribution in [0.5, 0.6) is 0 Å². The predicted molar refractivity (Wildman–Crippen MR) is 95.8 cm³/mol. The molecule has 1 atom stereocenters. The van der Waals surface area contributed by atoms with E-state index in [1.807, 2.05) is 30.3 Å². The lowest BCUT2D eigenvalue weighted by molar-refractivity contribution is -0.661. The molecule has 0 amide bonds. The van der Waals surface area contributed by atoms with Crippen LogP contribution in [0.3, 0.4) is 0 Å². The number of aliphatic hydroxyl groups is 1. The molecule has 0 aliphatic carbocycles. The smallest absolute Gasteiger partial charge is 0.271 e. The van der Waals surface area contributed by atoms with Crippen molar-refractivity contribution in [2.75, 3.05) is 18.0 Å². The molecule has 23 heavy (non-hydrogen) atoms. The van der Waals surface area contributed by atoms with Gasteiger partial charge in [0, 0.05) is 16.5 Å². The highest BCUT2D eigenvalue weighted by molar-refractivity contribution is 9.10. The van der Waals surface area contributed by atoms with Crippen LogP contribution in [0.4, 0.5) is 5.69 Å². The van der Waals surface area contributed by atoms with Gasteiger partial charge in [-0.1, -0.05) is 46.3 Å². The number of hydrogen-bond donors (Lipinski definition) is 1. The summed E-state index contributed by atoms with van der Waals surface area (Å²) < 4.78 is 3.28. The maximum atomic E-state index is 11.5. The van der Waals surface area contributed by atoms with Gasteiger partial charge in [0.25, 0.3) is 11.6 Å². The number of anilines is 1. The zero-order valence-electron chi connectivity index (χ0n) is 13.0. The Morgan fingerprint density at radius 3 is 2.48 bits per heavy atom. The maximum absolute atomic E-state index is 11.5. The summed E-state index contributed by atoms with van der Waals surface area (Å²) in [6.07, 6.45) is 3.34. The van der Waals surface area contributed by atoms with Gasteiger partial charge in [0.1, 0.15) is 5.69 Å². The first-order chi connectivity index (χ1) is 11.2. The van der Waals surface area contributed by atoms with Crippen molar-refractivity contribution >= 4 is 27.5 Å². The molecule has 0 fully saturated rings. The first-order valence-electron chi connectivity index (χ1n) is 8.13. The highest BCUT2D eigenvalue weighted by Crippen LogP contribution is 2.35. The fourth-order valence-electron chi connectivity index (χ4n) is 3.71. The maximum Gasteiger partial charge on any atom is 0.271 e. The standard InChI is InChI=1S/C19H20BrN2O/c20-16-9-11-17(12-10-16)21-14-19(23,15-6-2-1-3-7-15)22-13-5-4-8-18(21)22/h1-3,6-7,9-12,23H,4-5,8,13-14H2/q+1. The summed E-state index contributed by atoms with van der Waals surface area (Å²) in [5.41, 5.74) is 1.17. The topological polar surface area (TPSA) is 26.5 Å². The van der Waals surface area contributed by atoms with Crippen molar-refractivity contribution in [3.05, 3.63) is 64.6 Å². The van der Waals surface area contributed by atoms with Crippen molar-refractivity contribution in [1.29, 1.82) is 0 Å². The Morgan fingerprint density at radius 2 is 1.74 bits per heavy atom. The number of β-amino-alcohol motifs (C(OH)–C–C–N with tert-alkyl or cyclic N) is 1. The molecule has 4 heteroatoms. The Labute approximate surface area is 145 Å². The third-order valence-electron chi connectivity index (χ3n) is 4.85. The second kappa shape index (κ2) is 5.77. The molecule has 0 radical (unpaired) electrons. The van der Waals surface area contributed by atoms with Crippen molar-refractivity contribution in [3.63, 3.8) is 0 Å². The average Bonchev–Trinajstić information content (AvgIpc) is 2.91. The van der Waals surface area contributed by atoms with Crippen LogP contribution >= 0.6 is 15.9 Å². The van der Waals surface area contributed by atoms with E-state index in [9.17, 15) is 5.11 Å². The van der Waals surface area contributed by atoms with Gasteiger partial charge in [-0.05, 0) is 37.1 Å². The van der Waals surface area contributed by atoms with Crippen molar-refractivity contribution in [2.45, 2.75) is 25.0 Å². The van der Waals surface area contributed by atoms with Gasteiger partial charge in [-0.3, -0.25) is 0 Å². The summed E-state index contributed by atoms with van der Waals surface area (Å²) >= 11 is 3.50. The van der Waals surface area contributed by atoms with Crippen molar-refractivity contribution in [2.24, 2.45) is 0 Å². The molecule has 2 aromatic rings. The molecule has 1 unspecified atom stereocenters. The Morgan fingerprint density at radius 1 is 1.00 bits per heavy atom. The van der Waals surface area contributed by atoms with Crippen LogP contribution in [-0.2, 0) is 5.72 Å². The predicted octanol–water partition coefficient (Wildman–Crippen LogP) is 3.71. The summed E-state index contributed by atoms with van der Waals surface area (Å²) in [6, 6.07) is 18.4.